The Morgan fingerprint density at radius 3 is 2.10 bits per heavy atom. The average molecular weight is 738 g/mol. The minimum absolute atomic E-state index is 0.206. The number of halogens is 4. The standard InChI is InChI=1S/C32H31F4N7O2S.C4H6.C2H6/c33-24-8-4-5-9-25(24)39-31(46)43-18-16-41(17-19-43)26-11-10-23(20-37-26)38-29(44)27-28(32(34,35)36)40-30(45-27)42-14-12-22(13-15-42)21-6-2-1-3-7-21;1-3-4-2;1-2/h1-11,20,22H,12-19H2,(H,38,44)(H,39,46);3-4H,1-2H2;1-2H3. The third kappa shape index (κ3) is 10.4. The number of benzene rings is 2. The van der Waals surface area contributed by atoms with Gasteiger partial charge in [0, 0.05) is 39.3 Å². The highest BCUT2D eigenvalue weighted by atomic mass is 32.1. The van der Waals surface area contributed by atoms with Crippen molar-refractivity contribution in [2.45, 2.75) is 38.8 Å². The summed E-state index contributed by atoms with van der Waals surface area (Å²) in [6, 6.07) is 19.3. The first-order valence-electron chi connectivity index (χ1n) is 17.0. The Bertz CT molecular complexity index is 1760. The number of carbonyl (C=O) groups is 1. The fraction of sp³-hybridized carbons (Fsp3) is 0.316. The number of carbonyl (C=O) groups excluding carboxylic acids is 1. The van der Waals surface area contributed by atoms with E-state index in [1.54, 1.807) is 47.4 Å². The number of rotatable bonds is 7. The van der Waals surface area contributed by atoms with E-state index in [0.29, 0.717) is 55.9 Å². The van der Waals surface area contributed by atoms with Crippen LogP contribution in [-0.2, 0) is 6.18 Å². The molecule has 4 aromatic rings. The van der Waals surface area contributed by atoms with Crippen LogP contribution in [0.2, 0.25) is 0 Å². The van der Waals surface area contributed by atoms with Crippen molar-refractivity contribution >= 4 is 46.4 Å². The predicted octanol–water partition coefficient (Wildman–Crippen LogP) is 8.77. The molecule has 2 saturated heterocycles. The number of allylic oxidation sites excluding steroid dienone is 2. The van der Waals surface area contributed by atoms with Gasteiger partial charge in [0.15, 0.2) is 10.8 Å². The molecule has 0 aliphatic carbocycles. The second-order valence-corrected chi connectivity index (χ2v) is 11.9. The highest BCUT2D eigenvalue weighted by Gasteiger charge is 2.42. The molecule has 2 fully saturated rings. The molecule has 2 aromatic heterocycles. The summed E-state index contributed by atoms with van der Waals surface area (Å²) in [6.07, 6.45) is 1.22. The Kier molecular flexibility index (Phi) is 14.3. The lowest BCUT2D eigenvalue weighted by Gasteiger charge is -2.36. The third-order valence-electron chi connectivity index (χ3n) is 8.31. The van der Waals surface area contributed by atoms with Crippen molar-refractivity contribution in [3.63, 3.8) is 0 Å². The van der Waals surface area contributed by atoms with Crippen molar-refractivity contribution in [1.82, 2.24) is 14.9 Å². The van der Waals surface area contributed by atoms with Gasteiger partial charge in [-0.25, -0.2) is 9.37 Å². The maximum absolute atomic E-state index is 14.0. The number of alkyl halides is 3. The van der Waals surface area contributed by atoms with Crippen LogP contribution in [0.1, 0.15) is 54.4 Å². The summed E-state index contributed by atoms with van der Waals surface area (Å²) in [7, 11) is 0. The molecule has 2 N–H and O–H groups in total. The molecule has 0 unspecified atom stereocenters. The molecule has 0 saturated carbocycles. The second kappa shape index (κ2) is 18.8. The van der Waals surface area contributed by atoms with E-state index in [-0.39, 0.29) is 17.6 Å². The van der Waals surface area contributed by atoms with Crippen LogP contribution < -0.4 is 20.4 Å². The van der Waals surface area contributed by atoms with Crippen molar-refractivity contribution < 1.29 is 26.8 Å². The largest absolute Gasteiger partial charge is 0.437 e. The number of hydrogen-bond donors (Lipinski definition) is 2. The lowest BCUT2D eigenvalue weighted by atomic mass is 9.90. The maximum Gasteiger partial charge on any atom is 0.437 e. The minimum atomic E-state index is -4.88. The van der Waals surface area contributed by atoms with Gasteiger partial charge >= 0.3 is 6.18 Å². The first-order valence-corrected chi connectivity index (χ1v) is 17.4. The number of oxazole rings is 1. The van der Waals surface area contributed by atoms with Crippen LogP contribution in [0.15, 0.2) is 103 Å². The molecule has 9 nitrogen and oxygen atoms in total. The molecular weight excluding hydrogens is 695 g/mol. The summed E-state index contributed by atoms with van der Waals surface area (Å²) in [4.78, 5) is 26.7. The summed E-state index contributed by atoms with van der Waals surface area (Å²) in [5.41, 5.74) is 0.333. The van der Waals surface area contributed by atoms with Crippen molar-refractivity contribution in [1.29, 1.82) is 0 Å². The van der Waals surface area contributed by atoms with Crippen LogP contribution in [0.4, 0.5) is 40.8 Å². The second-order valence-electron chi connectivity index (χ2n) is 11.6. The molecule has 2 aromatic carbocycles. The zero-order chi connectivity index (χ0) is 37.7. The van der Waals surface area contributed by atoms with Crippen molar-refractivity contribution in [2.75, 3.05) is 59.7 Å². The SMILES string of the molecule is C=CC=C.CC.O=C(Nc1ccc(N2CCN(C(=S)Nc3ccccc3F)CC2)nc1)c1oc(N2CCC(c3ccccc3)CC2)nc1C(F)(F)F. The number of amides is 1. The number of pyridine rings is 1. The predicted molar refractivity (Wildman–Crippen MR) is 202 cm³/mol. The summed E-state index contributed by atoms with van der Waals surface area (Å²) in [5.74, 6) is -1.44. The van der Waals surface area contributed by atoms with Crippen LogP contribution >= 0.6 is 12.2 Å². The van der Waals surface area contributed by atoms with Gasteiger partial charge in [0.05, 0.1) is 17.6 Å². The number of nitrogens with zero attached hydrogens (tertiary/aromatic N) is 5. The molecule has 0 atom stereocenters. The van der Waals surface area contributed by atoms with E-state index >= 15 is 0 Å². The number of anilines is 4. The molecule has 2 aliphatic heterocycles. The summed E-state index contributed by atoms with van der Waals surface area (Å²) < 4.78 is 61.1. The van der Waals surface area contributed by atoms with Gasteiger partial charge < -0.3 is 29.8 Å². The van der Waals surface area contributed by atoms with Crippen molar-refractivity contribution in [2.24, 2.45) is 0 Å². The Morgan fingerprint density at radius 1 is 0.885 bits per heavy atom. The number of piperidine rings is 1. The number of aromatic nitrogens is 2. The lowest BCUT2D eigenvalue weighted by molar-refractivity contribution is -0.141. The van der Waals surface area contributed by atoms with Gasteiger partial charge in [-0.2, -0.15) is 18.2 Å². The smallest absolute Gasteiger partial charge is 0.417 e. The monoisotopic (exact) mass is 737 g/mol. The molecule has 276 valence electrons. The number of para-hydroxylation sites is 1. The Balaban J connectivity index is 0.000000944. The van der Waals surface area contributed by atoms with Gasteiger partial charge in [-0.3, -0.25) is 4.79 Å². The highest BCUT2D eigenvalue weighted by Crippen LogP contribution is 2.36. The summed E-state index contributed by atoms with van der Waals surface area (Å²) in [6.45, 7) is 13.9. The fourth-order valence-corrected chi connectivity index (χ4v) is 5.94. The van der Waals surface area contributed by atoms with Gasteiger partial charge in [-0.05, 0) is 60.8 Å². The first kappa shape index (κ1) is 39.5. The number of hydrogen-bond acceptors (Lipinski definition) is 7. The molecule has 0 bridgehead atoms. The van der Waals surface area contributed by atoms with Gasteiger partial charge in [0.2, 0.25) is 5.76 Å². The molecule has 6 rings (SSSR count). The van der Waals surface area contributed by atoms with Crippen LogP contribution in [0.3, 0.4) is 0 Å². The minimum Gasteiger partial charge on any atom is -0.417 e. The number of nitrogens with one attached hydrogen (secondary N) is 2. The molecule has 0 spiro atoms. The van der Waals surface area contributed by atoms with E-state index in [1.807, 2.05) is 54.0 Å². The van der Waals surface area contributed by atoms with Gasteiger partial charge in [0.1, 0.15) is 11.6 Å². The molecule has 0 radical (unpaired) electrons. The Hall–Kier alpha value is -5.24. The molecule has 52 heavy (non-hydrogen) atoms. The molecule has 1 amide bonds. The summed E-state index contributed by atoms with van der Waals surface area (Å²) in [5, 5.41) is 5.81. The first-order chi connectivity index (χ1) is 25.1. The quantitative estimate of drug-likeness (QED) is 0.110. The summed E-state index contributed by atoms with van der Waals surface area (Å²) >= 11 is 5.45. The van der Waals surface area contributed by atoms with Crippen LogP contribution in [0, 0.1) is 5.82 Å². The third-order valence-corrected chi connectivity index (χ3v) is 8.67. The molecule has 14 heteroatoms. The topological polar surface area (TPSA) is 89.8 Å². The van der Waals surface area contributed by atoms with Crippen LogP contribution in [0.25, 0.3) is 0 Å². The zero-order valence-corrected chi connectivity index (χ0v) is 30.0. The van der Waals surface area contributed by atoms with E-state index in [9.17, 15) is 22.4 Å². The van der Waals surface area contributed by atoms with E-state index < -0.39 is 29.4 Å². The van der Waals surface area contributed by atoms with Crippen molar-refractivity contribution in [3.8, 4) is 0 Å². The Labute approximate surface area is 307 Å². The van der Waals surface area contributed by atoms with E-state index in [0.717, 1.165) is 12.8 Å². The van der Waals surface area contributed by atoms with Crippen LogP contribution in [-0.4, -0.2) is 65.2 Å². The highest BCUT2D eigenvalue weighted by molar-refractivity contribution is 7.80. The van der Waals surface area contributed by atoms with Gasteiger partial charge in [-0.1, -0.05) is 81.6 Å². The molecule has 4 heterocycles. The lowest BCUT2D eigenvalue weighted by Crippen LogP contribution is -2.50. The van der Waals surface area contributed by atoms with E-state index in [4.69, 9.17) is 16.6 Å². The zero-order valence-electron chi connectivity index (χ0n) is 29.2. The normalized spacial score (nSPS) is 14.6. The average Bonchev–Trinajstić information content (AvgIpc) is 3.65. The Morgan fingerprint density at radius 2 is 1.52 bits per heavy atom. The fourth-order valence-electron chi connectivity index (χ4n) is 5.65. The number of thiocarbonyl (C=S) groups is 1. The van der Waals surface area contributed by atoms with Gasteiger partial charge in [0.25, 0.3) is 11.9 Å². The molecule has 2 aliphatic rings. The maximum atomic E-state index is 14.0. The number of piperazine rings is 1. The molecular formula is C38H43F4N7O2S. The van der Waals surface area contributed by atoms with Crippen LogP contribution in [0.5, 0.6) is 0 Å². The van der Waals surface area contributed by atoms with Crippen molar-refractivity contribution in [3.05, 3.63) is 121 Å². The van der Waals surface area contributed by atoms with E-state index in [1.165, 1.54) is 17.8 Å². The van der Waals surface area contributed by atoms with E-state index in [2.05, 4.69) is 33.8 Å². The van der Waals surface area contributed by atoms with Gasteiger partial charge in [-0.15, -0.1) is 0 Å².